The number of halogens is 1. The first-order valence-corrected chi connectivity index (χ1v) is 9.09. The van der Waals surface area contributed by atoms with Gasteiger partial charge in [0.05, 0.1) is 6.42 Å². The first-order chi connectivity index (χ1) is 12.1. The van der Waals surface area contributed by atoms with Crippen molar-refractivity contribution >= 4 is 17.5 Å². The molecule has 0 spiro atoms. The molecule has 0 bridgehead atoms. The van der Waals surface area contributed by atoms with Crippen LogP contribution >= 0.6 is 11.6 Å². The largest absolute Gasteiger partial charge is 0.354 e. The van der Waals surface area contributed by atoms with Crippen molar-refractivity contribution in [3.63, 3.8) is 0 Å². The number of likely N-dealkylation sites (N-methyl/N-ethyl adjacent to an activating group) is 1. The van der Waals surface area contributed by atoms with Crippen molar-refractivity contribution in [3.05, 3.63) is 53.3 Å². The van der Waals surface area contributed by atoms with Crippen LogP contribution in [0.15, 0.2) is 42.6 Å². The third-order valence-corrected chi connectivity index (χ3v) is 4.88. The van der Waals surface area contributed by atoms with Gasteiger partial charge in [-0.15, -0.1) is 0 Å². The Morgan fingerprint density at radius 1 is 1.12 bits per heavy atom. The number of benzene rings is 1. The van der Waals surface area contributed by atoms with Crippen LogP contribution < -0.4 is 5.32 Å². The summed E-state index contributed by atoms with van der Waals surface area (Å²) in [6.07, 6.45) is 2.34. The summed E-state index contributed by atoms with van der Waals surface area (Å²) in [5, 5.41) is 3.75. The lowest BCUT2D eigenvalue weighted by Gasteiger charge is -2.32. The molecule has 0 unspecified atom stereocenters. The van der Waals surface area contributed by atoms with E-state index < -0.39 is 0 Å². The highest BCUT2D eigenvalue weighted by Gasteiger charge is 2.14. The van der Waals surface area contributed by atoms with E-state index in [4.69, 9.17) is 11.6 Å². The molecule has 0 saturated carbocycles. The zero-order valence-electron chi connectivity index (χ0n) is 14.6. The molecule has 1 aromatic heterocycles. The van der Waals surface area contributed by atoms with E-state index in [9.17, 15) is 4.79 Å². The minimum Gasteiger partial charge on any atom is -0.354 e. The van der Waals surface area contributed by atoms with Crippen LogP contribution in [-0.2, 0) is 11.2 Å². The molecular weight excluding hydrogens is 336 g/mol. The summed E-state index contributed by atoms with van der Waals surface area (Å²) in [6.45, 7) is 5.96. The van der Waals surface area contributed by atoms with Crippen molar-refractivity contribution in [1.82, 2.24) is 19.7 Å². The van der Waals surface area contributed by atoms with Crippen LogP contribution in [0.25, 0.3) is 5.69 Å². The standard InChI is InChI=1S/C19H25ClN4O/c1-22-11-13-23(14-12-22)10-8-21-19(25)15-18-3-2-9-24(18)17-6-4-16(20)5-7-17/h2-7,9H,8,10-15H2,1H3,(H,21,25). The lowest BCUT2D eigenvalue weighted by molar-refractivity contribution is -0.120. The van der Waals surface area contributed by atoms with Crippen LogP contribution in [0.1, 0.15) is 5.69 Å². The van der Waals surface area contributed by atoms with Crippen molar-refractivity contribution in [1.29, 1.82) is 0 Å². The normalized spacial score (nSPS) is 16.1. The number of piperazine rings is 1. The number of carbonyl (C=O) groups is 1. The van der Waals surface area contributed by atoms with Gasteiger partial charge in [0.15, 0.2) is 0 Å². The molecule has 6 heteroatoms. The zero-order chi connectivity index (χ0) is 17.6. The van der Waals surface area contributed by atoms with E-state index in [2.05, 4.69) is 22.2 Å². The van der Waals surface area contributed by atoms with Gasteiger partial charge in [-0.3, -0.25) is 9.69 Å². The minimum absolute atomic E-state index is 0.0584. The van der Waals surface area contributed by atoms with E-state index in [1.165, 1.54) is 0 Å². The minimum atomic E-state index is 0.0584. The Morgan fingerprint density at radius 3 is 2.56 bits per heavy atom. The predicted octanol–water partition coefficient (Wildman–Crippen LogP) is 2.04. The van der Waals surface area contributed by atoms with Crippen LogP contribution in [0.5, 0.6) is 0 Å². The maximum atomic E-state index is 12.3. The summed E-state index contributed by atoms with van der Waals surface area (Å²) >= 11 is 5.95. The molecule has 25 heavy (non-hydrogen) atoms. The molecule has 0 atom stereocenters. The molecule has 1 amide bonds. The second-order valence-corrected chi connectivity index (χ2v) is 6.95. The van der Waals surface area contributed by atoms with Crippen molar-refractivity contribution in [3.8, 4) is 5.69 Å². The molecule has 2 aromatic rings. The fourth-order valence-electron chi connectivity index (χ4n) is 3.07. The van der Waals surface area contributed by atoms with E-state index in [-0.39, 0.29) is 5.91 Å². The Kier molecular flexibility index (Phi) is 6.13. The Balaban J connectivity index is 1.49. The summed E-state index contributed by atoms with van der Waals surface area (Å²) in [4.78, 5) is 17.0. The van der Waals surface area contributed by atoms with Gasteiger partial charge in [-0.2, -0.15) is 0 Å². The Labute approximate surface area is 154 Å². The van der Waals surface area contributed by atoms with E-state index in [0.29, 0.717) is 18.0 Å². The van der Waals surface area contributed by atoms with Gasteiger partial charge in [0.25, 0.3) is 0 Å². The molecule has 5 nitrogen and oxygen atoms in total. The molecule has 1 aromatic carbocycles. The highest BCUT2D eigenvalue weighted by Crippen LogP contribution is 2.16. The van der Waals surface area contributed by atoms with Crippen LogP contribution in [0.2, 0.25) is 5.02 Å². The summed E-state index contributed by atoms with van der Waals surface area (Å²) in [5.41, 5.74) is 1.98. The summed E-state index contributed by atoms with van der Waals surface area (Å²) in [7, 11) is 2.15. The van der Waals surface area contributed by atoms with Crippen molar-refractivity contribution < 1.29 is 4.79 Å². The molecule has 1 aliphatic heterocycles. The van der Waals surface area contributed by atoms with E-state index >= 15 is 0 Å². The smallest absolute Gasteiger partial charge is 0.225 e. The van der Waals surface area contributed by atoms with Gasteiger partial charge in [0.1, 0.15) is 0 Å². The highest BCUT2D eigenvalue weighted by molar-refractivity contribution is 6.30. The van der Waals surface area contributed by atoms with Crippen molar-refractivity contribution in [2.45, 2.75) is 6.42 Å². The number of nitrogens with one attached hydrogen (secondary N) is 1. The van der Waals surface area contributed by atoms with Crippen LogP contribution in [0, 0.1) is 0 Å². The first kappa shape index (κ1) is 18.0. The van der Waals surface area contributed by atoms with E-state index in [0.717, 1.165) is 44.1 Å². The average Bonchev–Trinajstić information content (AvgIpc) is 3.05. The predicted molar refractivity (Wildman–Crippen MR) is 101 cm³/mol. The topological polar surface area (TPSA) is 40.5 Å². The number of carbonyl (C=O) groups excluding carboxylic acids is 1. The quantitative estimate of drug-likeness (QED) is 0.857. The summed E-state index contributed by atoms with van der Waals surface area (Å²) in [5.74, 6) is 0.0584. The fourth-order valence-corrected chi connectivity index (χ4v) is 3.19. The molecule has 1 aliphatic rings. The zero-order valence-corrected chi connectivity index (χ0v) is 15.4. The van der Waals surface area contributed by atoms with Gasteiger partial charge < -0.3 is 14.8 Å². The molecule has 1 N–H and O–H groups in total. The van der Waals surface area contributed by atoms with Gasteiger partial charge in [0.2, 0.25) is 5.91 Å². The molecule has 0 radical (unpaired) electrons. The van der Waals surface area contributed by atoms with E-state index in [1.807, 2.05) is 47.2 Å². The maximum absolute atomic E-state index is 12.3. The lowest BCUT2D eigenvalue weighted by atomic mass is 10.2. The van der Waals surface area contributed by atoms with Gasteiger partial charge in [0, 0.05) is 61.9 Å². The Hall–Kier alpha value is -1.82. The second kappa shape index (κ2) is 8.52. The highest BCUT2D eigenvalue weighted by atomic mass is 35.5. The molecular formula is C19H25ClN4O. The first-order valence-electron chi connectivity index (χ1n) is 8.71. The third-order valence-electron chi connectivity index (χ3n) is 4.63. The van der Waals surface area contributed by atoms with Gasteiger partial charge in [-0.25, -0.2) is 0 Å². The number of hydrogen-bond donors (Lipinski definition) is 1. The van der Waals surface area contributed by atoms with Crippen LogP contribution in [-0.4, -0.2) is 66.6 Å². The van der Waals surface area contributed by atoms with Crippen LogP contribution in [0.4, 0.5) is 0 Å². The number of aromatic nitrogens is 1. The Bertz CT molecular complexity index is 690. The molecule has 1 saturated heterocycles. The average molecular weight is 361 g/mol. The molecule has 2 heterocycles. The molecule has 1 fully saturated rings. The van der Waals surface area contributed by atoms with Crippen molar-refractivity contribution in [2.75, 3.05) is 46.3 Å². The van der Waals surface area contributed by atoms with Crippen molar-refractivity contribution in [2.24, 2.45) is 0 Å². The SMILES string of the molecule is CN1CCN(CCNC(=O)Cc2cccn2-c2ccc(Cl)cc2)CC1. The summed E-state index contributed by atoms with van der Waals surface area (Å²) in [6, 6.07) is 11.6. The summed E-state index contributed by atoms with van der Waals surface area (Å²) < 4.78 is 2.02. The Morgan fingerprint density at radius 2 is 1.84 bits per heavy atom. The maximum Gasteiger partial charge on any atom is 0.225 e. The molecule has 134 valence electrons. The van der Waals surface area contributed by atoms with E-state index in [1.54, 1.807) is 0 Å². The second-order valence-electron chi connectivity index (χ2n) is 6.52. The molecule has 0 aliphatic carbocycles. The van der Waals surface area contributed by atoms with Gasteiger partial charge in [-0.1, -0.05) is 11.6 Å². The number of amides is 1. The third kappa shape index (κ3) is 5.08. The van der Waals surface area contributed by atoms with Crippen LogP contribution in [0.3, 0.4) is 0 Å². The number of nitrogens with zero attached hydrogens (tertiary/aromatic N) is 3. The lowest BCUT2D eigenvalue weighted by Crippen LogP contribution is -2.47. The number of hydrogen-bond acceptors (Lipinski definition) is 3. The fraction of sp³-hybridized carbons (Fsp3) is 0.421. The molecule has 3 rings (SSSR count). The van der Waals surface area contributed by atoms with Gasteiger partial charge in [-0.05, 0) is 43.4 Å². The number of rotatable bonds is 6. The monoisotopic (exact) mass is 360 g/mol. The van der Waals surface area contributed by atoms with Gasteiger partial charge >= 0.3 is 0 Å².